The van der Waals surface area contributed by atoms with Gasteiger partial charge in [-0.2, -0.15) is 5.26 Å². The zero-order valence-corrected chi connectivity index (χ0v) is 8.97. The second-order valence-electron chi connectivity index (χ2n) is 3.94. The van der Waals surface area contributed by atoms with E-state index in [0.29, 0.717) is 12.6 Å². The normalized spacial score (nSPS) is 14.2. The first-order valence-electron chi connectivity index (χ1n) is 5.36. The highest BCUT2D eigenvalue weighted by Gasteiger charge is 2.32. The minimum Gasteiger partial charge on any atom is -0.334 e. The highest BCUT2D eigenvalue weighted by atomic mass is 16.2. The van der Waals surface area contributed by atoms with Crippen LogP contribution in [0, 0.1) is 11.3 Å². The Morgan fingerprint density at radius 2 is 2.19 bits per heavy atom. The molecular weight excluding hydrogens is 202 g/mol. The van der Waals surface area contributed by atoms with Crippen LogP contribution in [0.5, 0.6) is 0 Å². The number of nitriles is 1. The molecule has 1 aliphatic carbocycles. The number of hydrogen-bond acceptors (Lipinski definition) is 3. The average molecular weight is 215 g/mol. The van der Waals surface area contributed by atoms with Gasteiger partial charge in [0.15, 0.2) is 0 Å². The lowest BCUT2D eigenvalue weighted by atomic mass is 10.2. The molecule has 1 amide bonds. The summed E-state index contributed by atoms with van der Waals surface area (Å²) < 4.78 is 0. The third-order valence-electron chi connectivity index (χ3n) is 2.64. The summed E-state index contributed by atoms with van der Waals surface area (Å²) in [5.74, 6) is -0.0678. The minimum absolute atomic E-state index is 0.0262. The molecular formula is C12H13N3O. The first-order valence-corrected chi connectivity index (χ1v) is 5.36. The lowest BCUT2D eigenvalue weighted by Crippen LogP contribution is -2.32. The van der Waals surface area contributed by atoms with E-state index < -0.39 is 0 Å². The second kappa shape index (κ2) is 4.75. The Bertz CT molecular complexity index is 406. The predicted octanol–water partition coefficient (Wildman–Crippen LogP) is 1.49. The Balaban J connectivity index is 2.04. The van der Waals surface area contributed by atoms with Crippen molar-refractivity contribution in [3.63, 3.8) is 0 Å². The van der Waals surface area contributed by atoms with Gasteiger partial charge >= 0.3 is 0 Å². The van der Waals surface area contributed by atoms with E-state index in [9.17, 15) is 4.79 Å². The highest BCUT2D eigenvalue weighted by molar-refractivity contribution is 5.78. The Morgan fingerprint density at radius 3 is 2.75 bits per heavy atom. The third kappa shape index (κ3) is 2.57. The van der Waals surface area contributed by atoms with E-state index in [1.165, 1.54) is 0 Å². The Morgan fingerprint density at radius 1 is 1.50 bits per heavy atom. The molecule has 0 aromatic carbocycles. The van der Waals surface area contributed by atoms with Gasteiger partial charge in [0.1, 0.15) is 6.42 Å². The van der Waals surface area contributed by atoms with Crippen molar-refractivity contribution in [3.05, 3.63) is 30.1 Å². The molecule has 0 aliphatic heterocycles. The molecule has 1 aromatic heterocycles. The number of amides is 1. The maximum Gasteiger partial charge on any atom is 0.237 e. The largest absolute Gasteiger partial charge is 0.334 e. The predicted molar refractivity (Wildman–Crippen MR) is 58.0 cm³/mol. The number of nitrogens with zero attached hydrogens (tertiary/aromatic N) is 3. The van der Waals surface area contributed by atoms with Crippen molar-refractivity contribution in [2.45, 2.75) is 31.8 Å². The Labute approximate surface area is 94.5 Å². The topological polar surface area (TPSA) is 57.0 Å². The fraction of sp³-hybridized carbons (Fsp3) is 0.417. The van der Waals surface area contributed by atoms with Crippen LogP contribution in [0.3, 0.4) is 0 Å². The number of hydrogen-bond donors (Lipinski definition) is 0. The van der Waals surface area contributed by atoms with E-state index in [0.717, 1.165) is 18.4 Å². The summed E-state index contributed by atoms with van der Waals surface area (Å²) in [6, 6.07) is 6.05. The molecule has 1 saturated carbocycles. The molecule has 2 rings (SSSR count). The summed E-state index contributed by atoms with van der Waals surface area (Å²) in [4.78, 5) is 17.5. The van der Waals surface area contributed by atoms with Crippen molar-refractivity contribution >= 4 is 5.91 Å². The molecule has 4 heteroatoms. The molecule has 4 nitrogen and oxygen atoms in total. The number of pyridine rings is 1. The smallest absolute Gasteiger partial charge is 0.237 e. The van der Waals surface area contributed by atoms with Crippen molar-refractivity contribution in [2.75, 3.05) is 0 Å². The summed E-state index contributed by atoms with van der Waals surface area (Å²) in [7, 11) is 0. The van der Waals surface area contributed by atoms with Crippen molar-refractivity contribution in [2.24, 2.45) is 0 Å². The first kappa shape index (κ1) is 10.6. The van der Waals surface area contributed by atoms with Gasteiger partial charge in [0.25, 0.3) is 0 Å². The molecule has 0 bridgehead atoms. The fourth-order valence-corrected chi connectivity index (χ4v) is 1.66. The van der Waals surface area contributed by atoms with E-state index in [1.54, 1.807) is 17.3 Å². The molecule has 1 heterocycles. The van der Waals surface area contributed by atoms with E-state index in [1.807, 2.05) is 18.2 Å². The molecule has 0 saturated heterocycles. The zero-order chi connectivity index (χ0) is 11.4. The van der Waals surface area contributed by atoms with E-state index in [4.69, 9.17) is 5.26 Å². The molecule has 1 aliphatic rings. The van der Waals surface area contributed by atoms with Gasteiger partial charge in [-0.05, 0) is 30.5 Å². The summed E-state index contributed by atoms with van der Waals surface area (Å²) >= 11 is 0. The van der Waals surface area contributed by atoms with Crippen LogP contribution >= 0.6 is 0 Å². The van der Waals surface area contributed by atoms with Crippen LogP contribution in [0.4, 0.5) is 0 Å². The Kier molecular flexibility index (Phi) is 3.16. The monoisotopic (exact) mass is 215 g/mol. The van der Waals surface area contributed by atoms with Gasteiger partial charge in [-0.25, -0.2) is 0 Å². The molecule has 0 N–H and O–H groups in total. The van der Waals surface area contributed by atoms with E-state index >= 15 is 0 Å². The molecule has 0 radical (unpaired) electrons. The van der Waals surface area contributed by atoms with Crippen LogP contribution in [-0.4, -0.2) is 21.8 Å². The quantitative estimate of drug-likeness (QED) is 0.764. The lowest BCUT2D eigenvalue weighted by molar-refractivity contribution is -0.131. The van der Waals surface area contributed by atoms with Crippen LogP contribution in [0.25, 0.3) is 0 Å². The second-order valence-corrected chi connectivity index (χ2v) is 3.94. The summed E-state index contributed by atoms with van der Waals surface area (Å²) in [6.07, 6.45) is 5.52. The number of rotatable bonds is 4. The minimum atomic E-state index is -0.0678. The van der Waals surface area contributed by atoms with Crippen molar-refractivity contribution in [1.29, 1.82) is 5.26 Å². The number of aromatic nitrogens is 1. The van der Waals surface area contributed by atoms with Crippen LogP contribution in [0.1, 0.15) is 24.8 Å². The van der Waals surface area contributed by atoms with Gasteiger partial charge in [-0.1, -0.05) is 0 Å². The molecule has 0 spiro atoms. The number of carbonyl (C=O) groups is 1. The van der Waals surface area contributed by atoms with Gasteiger partial charge < -0.3 is 4.90 Å². The molecule has 16 heavy (non-hydrogen) atoms. The number of carbonyl (C=O) groups excluding carboxylic acids is 1. The van der Waals surface area contributed by atoms with Gasteiger partial charge in [-0.15, -0.1) is 0 Å². The molecule has 0 unspecified atom stereocenters. The fourth-order valence-electron chi connectivity index (χ4n) is 1.66. The maximum atomic E-state index is 11.7. The zero-order valence-electron chi connectivity index (χ0n) is 8.97. The van der Waals surface area contributed by atoms with E-state index in [-0.39, 0.29) is 12.3 Å². The first-order chi connectivity index (χ1) is 7.81. The third-order valence-corrected chi connectivity index (χ3v) is 2.64. The van der Waals surface area contributed by atoms with Crippen molar-refractivity contribution < 1.29 is 4.79 Å². The standard InChI is InChI=1S/C12H13N3O/c13-6-3-12(16)15(11-1-2-11)9-10-4-7-14-8-5-10/h4-5,7-8,11H,1-3,9H2. The highest BCUT2D eigenvalue weighted by Crippen LogP contribution is 2.28. The van der Waals surface area contributed by atoms with Crippen LogP contribution in [0.2, 0.25) is 0 Å². The summed E-state index contributed by atoms with van der Waals surface area (Å²) in [5.41, 5.74) is 1.06. The van der Waals surface area contributed by atoms with E-state index in [2.05, 4.69) is 4.98 Å². The van der Waals surface area contributed by atoms with Crippen LogP contribution in [0.15, 0.2) is 24.5 Å². The van der Waals surface area contributed by atoms with Crippen LogP contribution in [-0.2, 0) is 11.3 Å². The van der Waals surface area contributed by atoms with Gasteiger partial charge in [-0.3, -0.25) is 9.78 Å². The molecule has 1 aromatic rings. The average Bonchev–Trinajstić information content (AvgIpc) is 3.11. The SMILES string of the molecule is N#CCC(=O)N(Cc1ccncc1)C1CC1. The van der Waals surface area contributed by atoms with Crippen molar-refractivity contribution in [3.8, 4) is 6.07 Å². The molecule has 1 fully saturated rings. The van der Waals surface area contributed by atoms with Gasteiger partial charge in [0.05, 0.1) is 6.07 Å². The lowest BCUT2D eigenvalue weighted by Gasteiger charge is -2.21. The summed E-state index contributed by atoms with van der Waals surface area (Å²) in [6.45, 7) is 0.591. The molecule has 0 atom stereocenters. The van der Waals surface area contributed by atoms with Gasteiger partial charge in [0, 0.05) is 25.0 Å². The summed E-state index contributed by atoms with van der Waals surface area (Å²) in [5, 5.41) is 8.55. The Hall–Kier alpha value is -1.89. The molecule has 82 valence electrons. The van der Waals surface area contributed by atoms with Crippen LogP contribution < -0.4 is 0 Å². The maximum absolute atomic E-state index is 11.7. The van der Waals surface area contributed by atoms with Crippen molar-refractivity contribution in [1.82, 2.24) is 9.88 Å². The van der Waals surface area contributed by atoms with Gasteiger partial charge in [0.2, 0.25) is 5.91 Å².